The van der Waals surface area contributed by atoms with Crippen molar-refractivity contribution in [1.82, 2.24) is 14.9 Å². The third kappa shape index (κ3) is 2.26. The number of rotatable bonds is 2. The van der Waals surface area contributed by atoms with Gasteiger partial charge in [0.2, 0.25) is 0 Å². The maximum Gasteiger partial charge on any atom is 0.147 e. The van der Waals surface area contributed by atoms with Gasteiger partial charge in [0.25, 0.3) is 0 Å². The smallest absolute Gasteiger partial charge is 0.147 e. The van der Waals surface area contributed by atoms with Crippen molar-refractivity contribution in [3.05, 3.63) is 30.9 Å². The maximum atomic E-state index is 4.29. The van der Waals surface area contributed by atoms with Gasteiger partial charge in [-0.3, -0.25) is 4.98 Å². The van der Waals surface area contributed by atoms with Crippen molar-refractivity contribution in [2.45, 2.75) is 6.92 Å². The van der Waals surface area contributed by atoms with Crippen molar-refractivity contribution in [2.24, 2.45) is 0 Å². The second-order valence-electron chi connectivity index (χ2n) is 3.77. The summed E-state index contributed by atoms with van der Waals surface area (Å²) in [6.45, 7) is 10.0. The first-order valence-corrected chi connectivity index (χ1v) is 5.19. The topological polar surface area (TPSA) is 32.3 Å². The zero-order valence-electron chi connectivity index (χ0n) is 9.06. The van der Waals surface area contributed by atoms with E-state index in [0.29, 0.717) is 0 Å². The summed E-state index contributed by atoms with van der Waals surface area (Å²) >= 11 is 0. The van der Waals surface area contributed by atoms with E-state index in [4.69, 9.17) is 0 Å². The predicted octanol–water partition coefficient (Wildman–Crippen LogP) is 1.13. The summed E-state index contributed by atoms with van der Waals surface area (Å²) in [5.74, 6) is 0.971. The number of hydrogen-bond donors (Lipinski definition) is 0. The van der Waals surface area contributed by atoms with Crippen LogP contribution < -0.4 is 4.90 Å². The van der Waals surface area contributed by atoms with E-state index in [1.807, 2.05) is 6.20 Å². The average molecular weight is 204 g/mol. The zero-order valence-corrected chi connectivity index (χ0v) is 9.06. The Morgan fingerprint density at radius 1 is 1.27 bits per heavy atom. The molecule has 0 radical (unpaired) electrons. The molecule has 2 heterocycles. The molecule has 0 N–H and O–H groups in total. The molecule has 4 nitrogen and oxygen atoms in total. The molecule has 1 saturated heterocycles. The van der Waals surface area contributed by atoms with Gasteiger partial charge in [-0.05, 0) is 6.92 Å². The van der Waals surface area contributed by atoms with Crippen molar-refractivity contribution in [2.75, 3.05) is 31.1 Å². The summed E-state index contributed by atoms with van der Waals surface area (Å²) in [7, 11) is 0. The molecule has 1 fully saturated rings. The first-order chi connectivity index (χ1) is 7.27. The van der Waals surface area contributed by atoms with Crippen LogP contribution in [0.4, 0.5) is 5.82 Å². The average Bonchev–Trinajstić information content (AvgIpc) is 2.30. The van der Waals surface area contributed by atoms with Crippen molar-refractivity contribution in [1.29, 1.82) is 0 Å². The van der Waals surface area contributed by atoms with Crippen LogP contribution in [0.5, 0.6) is 0 Å². The fourth-order valence-corrected chi connectivity index (χ4v) is 1.77. The normalized spacial score (nSPS) is 16.6. The van der Waals surface area contributed by atoms with Gasteiger partial charge < -0.3 is 9.80 Å². The third-order valence-electron chi connectivity index (χ3n) is 2.69. The monoisotopic (exact) mass is 204 g/mol. The van der Waals surface area contributed by atoms with Gasteiger partial charge in [-0.15, -0.1) is 0 Å². The largest absolute Gasteiger partial charge is 0.372 e. The molecule has 0 spiro atoms. The van der Waals surface area contributed by atoms with Crippen LogP contribution in [0, 0.1) is 0 Å². The predicted molar refractivity (Wildman–Crippen MR) is 60.6 cm³/mol. The van der Waals surface area contributed by atoms with E-state index in [-0.39, 0.29) is 0 Å². The molecule has 1 aromatic heterocycles. The summed E-state index contributed by atoms with van der Waals surface area (Å²) in [5, 5.41) is 0. The highest BCUT2D eigenvalue weighted by atomic mass is 15.3. The lowest BCUT2D eigenvalue weighted by molar-refractivity contribution is 0.322. The van der Waals surface area contributed by atoms with Gasteiger partial charge in [-0.2, -0.15) is 0 Å². The first-order valence-electron chi connectivity index (χ1n) is 5.19. The van der Waals surface area contributed by atoms with Gasteiger partial charge in [0.15, 0.2) is 0 Å². The lowest BCUT2D eigenvalue weighted by atomic mass is 10.3. The molecule has 1 aliphatic heterocycles. The van der Waals surface area contributed by atoms with Crippen LogP contribution in [0.2, 0.25) is 0 Å². The van der Waals surface area contributed by atoms with E-state index in [1.54, 1.807) is 12.4 Å². The molecule has 15 heavy (non-hydrogen) atoms. The molecule has 2 rings (SSSR count). The number of allylic oxidation sites excluding steroid dienone is 1. The molecule has 4 heteroatoms. The molecule has 1 aromatic rings. The fourth-order valence-electron chi connectivity index (χ4n) is 1.77. The Labute approximate surface area is 90.2 Å². The van der Waals surface area contributed by atoms with Gasteiger partial charge in [0.05, 0.1) is 6.20 Å². The van der Waals surface area contributed by atoms with Crippen LogP contribution >= 0.6 is 0 Å². The number of piperazine rings is 1. The number of aromatic nitrogens is 2. The quantitative estimate of drug-likeness (QED) is 0.723. The fraction of sp³-hybridized carbons (Fsp3) is 0.455. The highest BCUT2D eigenvalue weighted by Gasteiger charge is 2.16. The van der Waals surface area contributed by atoms with Crippen molar-refractivity contribution in [3.8, 4) is 0 Å². The van der Waals surface area contributed by atoms with E-state index < -0.39 is 0 Å². The Kier molecular flexibility index (Phi) is 2.85. The van der Waals surface area contributed by atoms with Crippen LogP contribution in [-0.2, 0) is 0 Å². The van der Waals surface area contributed by atoms with E-state index in [2.05, 4.69) is 33.3 Å². The molecule has 0 aliphatic carbocycles. The first kappa shape index (κ1) is 9.96. The molecule has 1 aliphatic rings. The Morgan fingerprint density at radius 3 is 2.53 bits per heavy atom. The summed E-state index contributed by atoms with van der Waals surface area (Å²) < 4.78 is 0. The standard InChI is InChI=1S/C11H16N4/c1-10(2)14-5-7-15(8-6-14)11-9-12-3-4-13-11/h3-4,9H,1,5-8H2,2H3. The molecule has 0 atom stereocenters. The number of hydrogen-bond acceptors (Lipinski definition) is 4. The molecule has 0 aromatic carbocycles. The van der Waals surface area contributed by atoms with E-state index >= 15 is 0 Å². The lowest BCUT2D eigenvalue weighted by Gasteiger charge is -2.36. The zero-order chi connectivity index (χ0) is 10.7. The molecule has 0 bridgehead atoms. The lowest BCUT2D eigenvalue weighted by Crippen LogP contribution is -2.45. The van der Waals surface area contributed by atoms with E-state index in [9.17, 15) is 0 Å². The molecular formula is C11H16N4. The van der Waals surface area contributed by atoms with Crippen LogP contribution in [0.1, 0.15) is 6.92 Å². The summed E-state index contributed by atoms with van der Waals surface area (Å²) in [5.41, 5.74) is 1.15. The van der Waals surface area contributed by atoms with Crippen molar-refractivity contribution in [3.63, 3.8) is 0 Å². The van der Waals surface area contributed by atoms with Crippen LogP contribution in [-0.4, -0.2) is 41.0 Å². The minimum atomic E-state index is 0.971. The second kappa shape index (κ2) is 4.29. The SMILES string of the molecule is C=C(C)N1CCN(c2cnccn2)CC1. The highest BCUT2D eigenvalue weighted by molar-refractivity contribution is 5.35. The van der Waals surface area contributed by atoms with Gasteiger partial charge in [0, 0.05) is 44.3 Å². The Balaban J connectivity index is 1.97. The third-order valence-corrected chi connectivity index (χ3v) is 2.69. The minimum absolute atomic E-state index is 0.971. The van der Waals surface area contributed by atoms with Gasteiger partial charge in [-0.1, -0.05) is 6.58 Å². The Bertz CT molecular complexity index is 328. The maximum absolute atomic E-state index is 4.29. The van der Waals surface area contributed by atoms with Crippen LogP contribution in [0.25, 0.3) is 0 Å². The Morgan fingerprint density at radius 2 is 2.00 bits per heavy atom. The molecular weight excluding hydrogens is 188 g/mol. The molecule has 0 saturated carbocycles. The number of anilines is 1. The Hall–Kier alpha value is -1.58. The van der Waals surface area contributed by atoms with Crippen LogP contribution in [0.3, 0.4) is 0 Å². The van der Waals surface area contributed by atoms with Crippen molar-refractivity contribution >= 4 is 5.82 Å². The van der Waals surface area contributed by atoms with E-state index in [0.717, 1.165) is 37.7 Å². The van der Waals surface area contributed by atoms with E-state index in [1.165, 1.54) is 0 Å². The minimum Gasteiger partial charge on any atom is -0.372 e. The van der Waals surface area contributed by atoms with Crippen LogP contribution in [0.15, 0.2) is 30.9 Å². The van der Waals surface area contributed by atoms with Crippen molar-refractivity contribution < 1.29 is 0 Å². The van der Waals surface area contributed by atoms with Gasteiger partial charge in [-0.25, -0.2) is 4.98 Å². The summed E-state index contributed by atoms with van der Waals surface area (Å²) in [6.07, 6.45) is 5.25. The molecule has 0 amide bonds. The summed E-state index contributed by atoms with van der Waals surface area (Å²) in [6, 6.07) is 0. The van der Waals surface area contributed by atoms with Gasteiger partial charge in [0.1, 0.15) is 5.82 Å². The molecule has 80 valence electrons. The number of nitrogens with zero attached hydrogens (tertiary/aromatic N) is 4. The second-order valence-corrected chi connectivity index (χ2v) is 3.77. The highest BCUT2D eigenvalue weighted by Crippen LogP contribution is 2.13. The summed E-state index contributed by atoms with van der Waals surface area (Å²) in [4.78, 5) is 12.9. The van der Waals surface area contributed by atoms with Gasteiger partial charge >= 0.3 is 0 Å². The molecule has 0 unspecified atom stereocenters.